The molecular weight excluding hydrogens is 370 g/mol. The number of fused-ring (bicyclic) bond motifs is 2. The molecule has 4 atom stereocenters. The van der Waals surface area contributed by atoms with E-state index in [1.807, 2.05) is 0 Å². The largest absolute Gasteiger partial charge is 0.511 e. The zero-order chi connectivity index (χ0) is 22.4. The monoisotopic (exact) mass is 413 g/mol. The molecule has 0 heterocycles. The maximum absolute atomic E-state index is 11.9. The molecule has 3 fully saturated rings. The summed E-state index contributed by atoms with van der Waals surface area (Å²) in [4.78, 5) is 11.9. The van der Waals surface area contributed by atoms with Gasteiger partial charge in [-0.1, -0.05) is 67.2 Å². The van der Waals surface area contributed by atoms with Gasteiger partial charge in [-0.25, -0.2) is 0 Å². The summed E-state index contributed by atoms with van der Waals surface area (Å²) in [6.45, 7) is 13.2. The lowest BCUT2D eigenvalue weighted by Crippen LogP contribution is -2.48. The Morgan fingerprint density at radius 1 is 0.833 bits per heavy atom. The van der Waals surface area contributed by atoms with Crippen LogP contribution in [0.3, 0.4) is 0 Å². The second-order valence-corrected chi connectivity index (χ2v) is 12.4. The van der Waals surface area contributed by atoms with Gasteiger partial charge in [-0.3, -0.25) is 4.79 Å². The van der Waals surface area contributed by atoms with E-state index in [-0.39, 0.29) is 16.2 Å². The molecule has 0 spiro atoms. The highest BCUT2D eigenvalue weighted by Crippen LogP contribution is 2.59. The Bertz CT molecular complexity index is 755. The Balaban J connectivity index is 0.000000172. The van der Waals surface area contributed by atoms with Gasteiger partial charge in [-0.05, 0) is 61.2 Å². The van der Waals surface area contributed by atoms with Crippen LogP contribution < -0.4 is 0 Å². The molecular formula is C27H43NO2. The van der Waals surface area contributed by atoms with E-state index in [0.717, 1.165) is 19.3 Å². The minimum atomic E-state index is -0.224. The van der Waals surface area contributed by atoms with Gasteiger partial charge in [0.15, 0.2) is 0 Å². The third kappa shape index (κ3) is 3.85. The van der Waals surface area contributed by atoms with Crippen molar-refractivity contribution < 1.29 is 9.90 Å². The van der Waals surface area contributed by atoms with Gasteiger partial charge >= 0.3 is 0 Å². The van der Waals surface area contributed by atoms with E-state index in [4.69, 9.17) is 5.26 Å². The Kier molecular flexibility index (Phi) is 6.23. The second kappa shape index (κ2) is 7.99. The zero-order valence-corrected chi connectivity index (χ0v) is 20.2. The van der Waals surface area contributed by atoms with Crippen molar-refractivity contribution in [1.82, 2.24) is 0 Å². The highest BCUT2D eigenvalue weighted by Gasteiger charge is 2.52. The fourth-order valence-corrected chi connectivity index (χ4v) is 7.82. The molecule has 0 saturated heterocycles. The number of aliphatic hydroxyl groups is 1. The smallest absolute Gasteiger partial charge is 0.138 e. The highest BCUT2D eigenvalue weighted by atomic mass is 16.3. The molecule has 0 aromatic heterocycles. The number of Topliss-reactive ketones (excluding diaryl/α,β-unsaturated/α-hetero) is 1. The molecule has 3 nitrogen and oxygen atoms in total. The summed E-state index contributed by atoms with van der Waals surface area (Å²) >= 11 is 0. The molecule has 0 aromatic carbocycles. The van der Waals surface area contributed by atoms with Gasteiger partial charge in [0, 0.05) is 17.3 Å². The first-order valence-corrected chi connectivity index (χ1v) is 12.2. The highest BCUT2D eigenvalue weighted by molar-refractivity contribution is 5.85. The lowest BCUT2D eigenvalue weighted by atomic mass is 9.51. The Morgan fingerprint density at radius 3 is 1.93 bits per heavy atom. The molecule has 3 saturated carbocycles. The first-order chi connectivity index (χ1) is 13.9. The SMILES string of the molecule is CC1(C)C(=O)CC[C@]2(C)CCCC[C@@H]12.CC1(C)C(O)=C(C#N)C[C@]2(C)CCCC[C@@H]12. The van der Waals surface area contributed by atoms with Crippen molar-refractivity contribution in [2.75, 3.05) is 0 Å². The van der Waals surface area contributed by atoms with Crippen LogP contribution in [0.4, 0.5) is 0 Å². The molecule has 4 aliphatic carbocycles. The average Bonchev–Trinajstić information content (AvgIpc) is 2.69. The van der Waals surface area contributed by atoms with E-state index in [0.29, 0.717) is 34.4 Å². The fourth-order valence-electron chi connectivity index (χ4n) is 7.82. The molecule has 0 amide bonds. The van der Waals surface area contributed by atoms with Crippen molar-refractivity contribution in [2.24, 2.45) is 33.5 Å². The summed E-state index contributed by atoms with van der Waals surface area (Å²) < 4.78 is 0. The van der Waals surface area contributed by atoms with Crippen LogP contribution in [0.2, 0.25) is 0 Å². The summed E-state index contributed by atoms with van der Waals surface area (Å²) in [5.41, 5.74) is 1.03. The predicted octanol–water partition coefficient (Wildman–Crippen LogP) is 7.52. The maximum Gasteiger partial charge on any atom is 0.138 e. The van der Waals surface area contributed by atoms with E-state index in [1.165, 1.54) is 51.4 Å². The first kappa shape index (κ1) is 23.4. The number of hydrogen-bond acceptors (Lipinski definition) is 3. The predicted molar refractivity (Wildman–Crippen MR) is 122 cm³/mol. The molecule has 4 rings (SSSR count). The number of nitriles is 1. The maximum atomic E-state index is 11.9. The van der Waals surface area contributed by atoms with E-state index < -0.39 is 0 Å². The molecule has 0 unspecified atom stereocenters. The molecule has 3 heteroatoms. The molecule has 30 heavy (non-hydrogen) atoms. The van der Waals surface area contributed by atoms with Gasteiger partial charge < -0.3 is 5.11 Å². The van der Waals surface area contributed by atoms with Gasteiger partial charge in [0.1, 0.15) is 11.5 Å². The molecule has 0 aliphatic heterocycles. The van der Waals surface area contributed by atoms with Crippen LogP contribution in [0.5, 0.6) is 0 Å². The van der Waals surface area contributed by atoms with E-state index in [1.54, 1.807) is 0 Å². The summed E-state index contributed by atoms with van der Waals surface area (Å²) in [5.74, 6) is 2.01. The molecule has 0 bridgehead atoms. The van der Waals surface area contributed by atoms with Crippen molar-refractivity contribution in [3.8, 4) is 6.07 Å². The van der Waals surface area contributed by atoms with Crippen LogP contribution in [0.1, 0.15) is 112 Å². The number of carbonyl (C=O) groups is 1. The van der Waals surface area contributed by atoms with Crippen molar-refractivity contribution >= 4 is 5.78 Å². The topological polar surface area (TPSA) is 61.1 Å². The number of allylic oxidation sites excluding steroid dienone is 2. The number of aliphatic hydroxyl groups excluding tert-OH is 1. The lowest BCUT2D eigenvalue weighted by molar-refractivity contribution is -0.142. The number of carbonyl (C=O) groups excluding carboxylic acids is 1. The van der Waals surface area contributed by atoms with Gasteiger partial charge in [-0.2, -0.15) is 5.26 Å². The zero-order valence-electron chi connectivity index (χ0n) is 20.2. The molecule has 0 aromatic rings. The summed E-state index contributed by atoms with van der Waals surface area (Å²) in [6, 6.07) is 2.20. The number of nitrogens with zero attached hydrogens (tertiary/aromatic N) is 1. The molecule has 168 valence electrons. The normalized spacial score (nSPS) is 39.7. The van der Waals surface area contributed by atoms with Gasteiger partial charge in [-0.15, -0.1) is 0 Å². The lowest BCUT2D eigenvalue weighted by Gasteiger charge is -2.52. The van der Waals surface area contributed by atoms with Gasteiger partial charge in [0.05, 0.1) is 11.6 Å². The van der Waals surface area contributed by atoms with Crippen LogP contribution in [0, 0.1) is 44.8 Å². The van der Waals surface area contributed by atoms with Crippen molar-refractivity contribution in [1.29, 1.82) is 5.26 Å². The number of rotatable bonds is 0. The van der Waals surface area contributed by atoms with Crippen LogP contribution in [0.25, 0.3) is 0 Å². The van der Waals surface area contributed by atoms with Crippen LogP contribution in [-0.4, -0.2) is 10.9 Å². The van der Waals surface area contributed by atoms with Crippen molar-refractivity contribution in [3.63, 3.8) is 0 Å². The Morgan fingerprint density at radius 2 is 1.37 bits per heavy atom. The minimum absolute atomic E-state index is 0.0482. The quantitative estimate of drug-likeness (QED) is 0.446. The van der Waals surface area contributed by atoms with Gasteiger partial charge in [0.25, 0.3) is 0 Å². The molecule has 0 radical (unpaired) electrons. The standard InChI is InChI=1S/C14H21NO.C13H22O/c1-13(2)11-6-4-5-7-14(11,3)8-10(9-15)12(13)16;1-12(2)10-6-4-5-8-13(10,3)9-7-11(12)14/h11,16H,4-8H2,1-3H3;10H,4-9H2,1-3H3/t11-,14-;10-,13-/m00/s1. The first-order valence-electron chi connectivity index (χ1n) is 12.2. The minimum Gasteiger partial charge on any atom is -0.511 e. The Hall–Kier alpha value is -1.30. The van der Waals surface area contributed by atoms with Crippen molar-refractivity contribution in [2.45, 2.75) is 112 Å². The van der Waals surface area contributed by atoms with E-state index >= 15 is 0 Å². The number of ketones is 1. The van der Waals surface area contributed by atoms with E-state index in [2.05, 4.69) is 47.6 Å². The fraction of sp³-hybridized carbons (Fsp3) is 0.852. The third-order valence-electron chi connectivity index (χ3n) is 9.66. The summed E-state index contributed by atoms with van der Waals surface area (Å²) in [7, 11) is 0. The molecule has 4 aliphatic rings. The summed E-state index contributed by atoms with van der Waals surface area (Å²) in [6.07, 6.45) is 13.0. The molecule has 1 N–H and O–H groups in total. The summed E-state index contributed by atoms with van der Waals surface area (Å²) in [5, 5.41) is 19.3. The van der Waals surface area contributed by atoms with Gasteiger partial charge in [0.2, 0.25) is 0 Å². The number of hydrogen-bond donors (Lipinski definition) is 1. The van der Waals surface area contributed by atoms with Crippen molar-refractivity contribution in [3.05, 3.63) is 11.3 Å². The average molecular weight is 414 g/mol. The van der Waals surface area contributed by atoms with E-state index in [9.17, 15) is 9.90 Å². The Labute approximate surface area is 184 Å². The second-order valence-electron chi connectivity index (χ2n) is 12.4. The third-order valence-corrected chi connectivity index (χ3v) is 9.66. The van der Waals surface area contributed by atoms with Crippen LogP contribution in [0.15, 0.2) is 11.3 Å². The van der Waals surface area contributed by atoms with Crippen LogP contribution in [-0.2, 0) is 4.79 Å². The van der Waals surface area contributed by atoms with Crippen LogP contribution >= 0.6 is 0 Å².